The summed E-state index contributed by atoms with van der Waals surface area (Å²) in [6, 6.07) is 8.87. The molecule has 0 aliphatic carbocycles. The highest BCUT2D eigenvalue weighted by Gasteiger charge is 2.11. The molecule has 2 heteroatoms. The maximum absolute atomic E-state index is 3.42. The van der Waals surface area contributed by atoms with Crippen molar-refractivity contribution in [3.63, 3.8) is 0 Å². The molecule has 2 rings (SSSR count). The number of para-hydroxylation sites is 1. The molecular weight excluding hydrogens is 256 g/mol. The summed E-state index contributed by atoms with van der Waals surface area (Å²) >= 11 is 0. The number of rotatable bonds is 9. The zero-order valence-electron chi connectivity index (χ0n) is 13.9. The second-order valence-electron chi connectivity index (χ2n) is 5.96. The summed E-state index contributed by atoms with van der Waals surface area (Å²) in [6.07, 6.45) is 7.31. The third kappa shape index (κ3) is 4.10. The Balaban J connectivity index is 2.17. The quantitative estimate of drug-likeness (QED) is 0.666. The highest BCUT2D eigenvalue weighted by Crippen LogP contribution is 2.24. The number of benzene rings is 1. The van der Waals surface area contributed by atoms with E-state index in [4.69, 9.17) is 0 Å². The predicted octanol–water partition coefficient (Wildman–Crippen LogP) is 4.62. The molecule has 21 heavy (non-hydrogen) atoms. The topological polar surface area (TPSA) is 17.0 Å². The molecule has 2 aromatic rings. The van der Waals surface area contributed by atoms with E-state index in [1.807, 2.05) is 0 Å². The van der Waals surface area contributed by atoms with Crippen molar-refractivity contribution in [2.75, 3.05) is 13.1 Å². The third-order valence-electron chi connectivity index (χ3n) is 4.53. The van der Waals surface area contributed by atoms with Crippen molar-refractivity contribution in [1.82, 2.24) is 9.88 Å². The molecule has 0 saturated heterocycles. The van der Waals surface area contributed by atoms with Crippen molar-refractivity contribution in [3.8, 4) is 0 Å². The van der Waals surface area contributed by atoms with Gasteiger partial charge in [0.05, 0.1) is 0 Å². The van der Waals surface area contributed by atoms with Crippen molar-refractivity contribution in [2.45, 2.75) is 53.0 Å². The lowest BCUT2D eigenvalue weighted by molar-refractivity contribution is 0.425. The van der Waals surface area contributed by atoms with Crippen LogP contribution in [0.5, 0.6) is 0 Å². The van der Waals surface area contributed by atoms with Gasteiger partial charge in [-0.1, -0.05) is 51.8 Å². The number of nitrogens with one attached hydrogen (secondary N) is 1. The minimum absolute atomic E-state index is 0.787. The Morgan fingerprint density at radius 1 is 1.10 bits per heavy atom. The Hall–Kier alpha value is -1.28. The maximum atomic E-state index is 3.42. The lowest BCUT2D eigenvalue weighted by atomic mass is 10.0. The van der Waals surface area contributed by atoms with Crippen molar-refractivity contribution >= 4 is 10.9 Å². The summed E-state index contributed by atoms with van der Waals surface area (Å²) in [7, 11) is 0. The van der Waals surface area contributed by atoms with Gasteiger partial charge in [0.1, 0.15) is 0 Å². The van der Waals surface area contributed by atoms with Gasteiger partial charge in [-0.2, -0.15) is 0 Å². The molecule has 0 unspecified atom stereocenters. The second kappa shape index (κ2) is 8.23. The first-order valence-electron chi connectivity index (χ1n) is 8.57. The summed E-state index contributed by atoms with van der Waals surface area (Å²) in [6.45, 7) is 10.1. The van der Waals surface area contributed by atoms with Crippen LogP contribution in [0.25, 0.3) is 10.9 Å². The van der Waals surface area contributed by atoms with Crippen LogP contribution in [0.4, 0.5) is 0 Å². The summed E-state index contributed by atoms with van der Waals surface area (Å²) in [5, 5.41) is 4.86. The molecule has 0 aliphatic heterocycles. The molecule has 1 N–H and O–H groups in total. The Kier molecular flexibility index (Phi) is 6.31. The third-order valence-corrected chi connectivity index (χ3v) is 4.53. The molecule has 2 nitrogen and oxygen atoms in total. The first-order chi connectivity index (χ1) is 10.3. The van der Waals surface area contributed by atoms with E-state index in [2.05, 4.69) is 61.1 Å². The normalized spacial score (nSPS) is 11.6. The van der Waals surface area contributed by atoms with Gasteiger partial charge in [0.2, 0.25) is 0 Å². The number of hydrogen-bond donors (Lipinski definition) is 1. The molecule has 0 amide bonds. The van der Waals surface area contributed by atoms with E-state index in [0.717, 1.165) is 25.6 Å². The van der Waals surface area contributed by atoms with Crippen LogP contribution >= 0.6 is 0 Å². The van der Waals surface area contributed by atoms with Crippen LogP contribution in [-0.4, -0.2) is 17.7 Å². The molecule has 0 atom stereocenters. The van der Waals surface area contributed by atoms with Crippen molar-refractivity contribution in [3.05, 3.63) is 36.0 Å². The van der Waals surface area contributed by atoms with Gasteiger partial charge in [-0.3, -0.25) is 0 Å². The van der Waals surface area contributed by atoms with E-state index >= 15 is 0 Å². The van der Waals surface area contributed by atoms with Crippen LogP contribution in [0.3, 0.4) is 0 Å². The summed E-state index contributed by atoms with van der Waals surface area (Å²) in [5.74, 6) is 0.787. The van der Waals surface area contributed by atoms with Gasteiger partial charge < -0.3 is 9.88 Å². The van der Waals surface area contributed by atoms with Gasteiger partial charge in [-0.25, -0.2) is 0 Å². The van der Waals surface area contributed by atoms with Gasteiger partial charge in [-0.15, -0.1) is 0 Å². The average Bonchev–Trinajstić information content (AvgIpc) is 2.87. The fourth-order valence-electron chi connectivity index (χ4n) is 3.08. The lowest BCUT2D eigenvalue weighted by Crippen LogP contribution is -2.14. The van der Waals surface area contributed by atoms with Crippen LogP contribution < -0.4 is 5.32 Å². The smallest absolute Gasteiger partial charge is 0.0483 e. The molecule has 0 saturated carbocycles. The first kappa shape index (κ1) is 16.1. The Labute approximate surface area is 129 Å². The Bertz CT molecular complexity index is 537. The zero-order chi connectivity index (χ0) is 15.1. The van der Waals surface area contributed by atoms with Crippen LogP contribution in [0.1, 0.15) is 45.6 Å². The number of hydrogen-bond acceptors (Lipinski definition) is 1. The largest absolute Gasteiger partial charge is 0.347 e. The van der Waals surface area contributed by atoms with Gasteiger partial charge in [0.25, 0.3) is 0 Å². The van der Waals surface area contributed by atoms with E-state index in [9.17, 15) is 0 Å². The van der Waals surface area contributed by atoms with E-state index in [0.29, 0.717) is 0 Å². The lowest BCUT2D eigenvalue weighted by Gasteiger charge is -2.14. The monoisotopic (exact) mass is 286 g/mol. The summed E-state index contributed by atoms with van der Waals surface area (Å²) < 4.78 is 2.48. The van der Waals surface area contributed by atoms with E-state index in [1.54, 1.807) is 0 Å². The number of aromatic nitrogens is 1. The second-order valence-corrected chi connectivity index (χ2v) is 5.96. The highest BCUT2D eigenvalue weighted by molar-refractivity contribution is 5.84. The van der Waals surface area contributed by atoms with Crippen LogP contribution in [0.2, 0.25) is 0 Å². The summed E-state index contributed by atoms with van der Waals surface area (Å²) in [4.78, 5) is 0. The molecule has 1 heterocycles. The van der Waals surface area contributed by atoms with Crippen LogP contribution in [0.15, 0.2) is 30.5 Å². The fraction of sp³-hybridized carbons (Fsp3) is 0.579. The molecule has 0 spiro atoms. The Morgan fingerprint density at radius 3 is 2.57 bits per heavy atom. The molecule has 0 fully saturated rings. The van der Waals surface area contributed by atoms with Crippen LogP contribution in [0, 0.1) is 5.92 Å². The van der Waals surface area contributed by atoms with Crippen molar-refractivity contribution in [2.24, 2.45) is 5.92 Å². The van der Waals surface area contributed by atoms with E-state index < -0.39 is 0 Å². The van der Waals surface area contributed by atoms with E-state index in [-0.39, 0.29) is 0 Å². The highest BCUT2D eigenvalue weighted by atomic mass is 15.0. The summed E-state index contributed by atoms with van der Waals surface area (Å²) in [5.41, 5.74) is 2.91. The maximum Gasteiger partial charge on any atom is 0.0483 e. The van der Waals surface area contributed by atoms with Crippen molar-refractivity contribution < 1.29 is 0 Å². The van der Waals surface area contributed by atoms with Crippen molar-refractivity contribution in [1.29, 1.82) is 0 Å². The number of nitrogens with zero attached hydrogens (tertiary/aromatic N) is 1. The molecule has 1 aromatic heterocycles. The standard InChI is InChI=1S/C19H30N2/c1-4-16(5-2)14-21-15-17(10-9-13-20-6-3)18-11-7-8-12-19(18)21/h7-8,11-12,15-16,20H,4-6,9-10,13-14H2,1-3H3. The minimum atomic E-state index is 0.787. The van der Waals surface area contributed by atoms with Gasteiger partial charge in [-0.05, 0) is 43.5 Å². The average molecular weight is 286 g/mol. The molecule has 0 aliphatic rings. The van der Waals surface area contributed by atoms with Crippen LogP contribution in [-0.2, 0) is 13.0 Å². The van der Waals surface area contributed by atoms with Gasteiger partial charge in [0.15, 0.2) is 0 Å². The molecule has 0 bridgehead atoms. The van der Waals surface area contributed by atoms with Gasteiger partial charge >= 0.3 is 0 Å². The SMILES string of the molecule is CCNCCCc1cn(CC(CC)CC)c2ccccc12. The van der Waals surface area contributed by atoms with Gasteiger partial charge in [0, 0.05) is 23.6 Å². The number of aryl methyl sites for hydroxylation is 1. The molecule has 1 aromatic carbocycles. The fourth-order valence-corrected chi connectivity index (χ4v) is 3.08. The van der Waals surface area contributed by atoms with E-state index in [1.165, 1.54) is 42.1 Å². The zero-order valence-corrected chi connectivity index (χ0v) is 13.9. The predicted molar refractivity (Wildman–Crippen MR) is 92.9 cm³/mol. The molecule has 0 radical (unpaired) electrons. The first-order valence-corrected chi connectivity index (χ1v) is 8.57. The molecular formula is C19H30N2. The Morgan fingerprint density at radius 2 is 1.86 bits per heavy atom. The molecule has 116 valence electrons. The number of fused-ring (bicyclic) bond motifs is 1. The minimum Gasteiger partial charge on any atom is -0.347 e.